The maximum absolute atomic E-state index is 12.4. The van der Waals surface area contributed by atoms with E-state index in [0.29, 0.717) is 6.04 Å². The lowest BCUT2D eigenvalue weighted by Gasteiger charge is -2.32. The molecule has 0 radical (unpaired) electrons. The van der Waals surface area contributed by atoms with Crippen molar-refractivity contribution in [2.24, 2.45) is 5.92 Å². The number of amides is 1. The lowest BCUT2D eigenvalue weighted by atomic mass is 10.0. The molecule has 3 nitrogen and oxygen atoms in total. The molecule has 1 heterocycles. The van der Waals surface area contributed by atoms with Gasteiger partial charge in [0.2, 0.25) is 0 Å². The van der Waals surface area contributed by atoms with Crippen LogP contribution in [0.2, 0.25) is 0 Å². The van der Waals surface area contributed by atoms with Crippen LogP contribution in [-0.2, 0) is 0 Å². The molecule has 0 aromatic heterocycles. The Labute approximate surface area is 134 Å². The molecule has 1 aliphatic heterocycles. The molecule has 1 N–H and O–H groups in total. The van der Waals surface area contributed by atoms with E-state index < -0.39 is 0 Å². The maximum Gasteiger partial charge on any atom is 0.253 e. The van der Waals surface area contributed by atoms with Crippen molar-refractivity contribution in [3.8, 4) is 0 Å². The Hall–Kier alpha value is -0.620. The zero-order valence-electron chi connectivity index (χ0n) is 11.6. The summed E-state index contributed by atoms with van der Waals surface area (Å²) in [5.41, 5.74) is 0.821. The van der Waals surface area contributed by atoms with Crippen LogP contribution in [0, 0.1) is 9.49 Å². The second kappa shape index (κ2) is 6.43. The van der Waals surface area contributed by atoms with E-state index in [0.717, 1.165) is 41.0 Å². The minimum absolute atomic E-state index is 0.184. The third kappa shape index (κ3) is 3.73. The van der Waals surface area contributed by atoms with Crippen LogP contribution in [-0.4, -0.2) is 36.5 Å². The predicted octanol–water partition coefficient (Wildman–Crippen LogP) is 2.90. The first kappa shape index (κ1) is 14.3. The van der Waals surface area contributed by atoms with E-state index in [-0.39, 0.29) is 5.91 Å². The average molecular weight is 384 g/mol. The number of halogens is 1. The van der Waals surface area contributed by atoms with E-state index in [2.05, 4.69) is 27.9 Å². The van der Waals surface area contributed by atoms with E-state index in [9.17, 15) is 4.79 Å². The van der Waals surface area contributed by atoms with Gasteiger partial charge in [-0.3, -0.25) is 4.79 Å². The highest BCUT2D eigenvalue weighted by Crippen LogP contribution is 2.28. The first-order valence-electron chi connectivity index (χ1n) is 7.50. The van der Waals surface area contributed by atoms with Gasteiger partial charge in [-0.15, -0.1) is 0 Å². The number of hydrogen-bond donors (Lipinski definition) is 1. The summed E-state index contributed by atoms with van der Waals surface area (Å²) in [4.78, 5) is 14.4. The molecular formula is C16H21IN2O. The Morgan fingerprint density at radius 3 is 2.65 bits per heavy atom. The molecule has 4 heteroatoms. The zero-order chi connectivity index (χ0) is 13.9. The quantitative estimate of drug-likeness (QED) is 0.810. The highest BCUT2D eigenvalue weighted by Gasteiger charge is 2.26. The Kier molecular flexibility index (Phi) is 4.61. The number of nitrogens with one attached hydrogen (secondary N) is 1. The van der Waals surface area contributed by atoms with Crippen molar-refractivity contribution < 1.29 is 4.79 Å². The number of nitrogens with zero attached hydrogens (tertiary/aromatic N) is 1. The third-order valence-electron chi connectivity index (χ3n) is 4.25. The SMILES string of the molecule is O=C(c1cccc(I)c1)N1CCC(NCC2CC2)CC1. The molecule has 0 bridgehead atoms. The third-order valence-corrected chi connectivity index (χ3v) is 4.92. The Bertz CT molecular complexity index is 479. The topological polar surface area (TPSA) is 32.3 Å². The zero-order valence-corrected chi connectivity index (χ0v) is 13.8. The van der Waals surface area contributed by atoms with Gasteiger partial charge >= 0.3 is 0 Å². The molecule has 0 unspecified atom stereocenters. The molecule has 2 aliphatic rings. The Balaban J connectivity index is 1.50. The van der Waals surface area contributed by atoms with Crippen LogP contribution < -0.4 is 5.32 Å². The normalized spacial score (nSPS) is 20.1. The molecule has 2 fully saturated rings. The molecule has 20 heavy (non-hydrogen) atoms. The van der Waals surface area contributed by atoms with Crippen LogP contribution >= 0.6 is 22.6 Å². The Morgan fingerprint density at radius 1 is 1.25 bits per heavy atom. The minimum Gasteiger partial charge on any atom is -0.339 e. The number of benzene rings is 1. The largest absolute Gasteiger partial charge is 0.339 e. The second-order valence-corrected chi connectivity index (χ2v) is 7.17. The van der Waals surface area contributed by atoms with E-state index >= 15 is 0 Å². The van der Waals surface area contributed by atoms with Crippen molar-refractivity contribution in [1.82, 2.24) is 10.2 Å². The summed E-state index contributed by atoms with van der Waals surface area (Å²) in [6.45, 7) is 2.94. The van der Waals surface area contributed by atoms with Gasteiger partial charge in [0.15, 0.2) is 0 Å². The smallest absolute Gasteiger partial charge is 0.253 e. The molecule has 1 amide bonds. The predicted molar refractivity (Wildman–Crippen MR) is 88.8 cm³/mol. The van der Waals surface area contributed by atoms with Gasteiger partial charge in [0.05, 0.1) is 0 Å². The Morgan fingerprint density at radius 2 is 2.00 bits per heavy atom. The van der Waals surface area contributed by atoms with Gasteiger partial charge in [-0.2, -0.15) is 0 Å². The number of hydrogen-bond acceptors (Lipinski definition) is 2. The van der Waals surface area contributed by atoms with Crippen molar-refractivity contribution in [3.05, 3.63) is 33.4 Å². The molecule has 0 atom stereocenters. The molecule has 108 valence electrons. The van der Waals surface area contributed by atoms with Gasteiger partial charge < -0.3 is 10.2 Å². The lowest BCUT2D eigenvalue weighted by Crippen LogP contribution is -2.45. The fourth-order valence-corrected chi connectivity index (χ4v) is 3.29. The lowest BCUT2D eigenvalue weighted by molar-refractivity contribution is 0.0705. The summed E-state index contributed by atoms with van der Waals surface area (Å²) in [5.74, 6) is 1.12. The molecule has 1 aliphatic carbocycles. The van der Waals surface area contributed by atoms with Gasteiger partial charge in [-0.05, 0) is 78.9 Å². The molecule has 1 aromatic carbocycles. The average Bonchev–Trinajstić information content (AvgIpc) is 3.29. The standard InChI is InChI=1S/C16H21IN2O/c17-14-3-1-2-13(10-14)16(20)19-8-6-15(7-9-19)18-11-12-4-5-12/h1-3,10,12,15,18H,4-9,11H2. The summed E-state index contributed by atoms with van der Waals surface area (Å²) < 4.78 is 1.12. The fourth-order valence-electron chi connectivity index (χ4n) is 2.75. The summed E-state index contributed by atoms with van der Waals surface area (Å²) in [5, 5.41) is 3.65. The van der Waals surface area contributed by atoms with Gasteiger partial charge in [0.25, 0.3) is 5.91 Å². The summed E-state index contributed by atoms with van der Waals surface area (Å²) in [6.07, 6.45) is 4.97. The van der Waals surface area contributed by atoms with E-state index in [1.54, 1.807) is 0 Å². The molecular weight excluding hydrogens is 363 g/mol. The number of rotatable bonds is 4. The summed E-state index contributed by atoms with van der Waals surface area (Å²) in [7, 11) is 0. The van der Waals surface area contributed by atoms with Gasteiger partial charge in [0, 0.05) is 28.3 Å². The monoisotopic (exact) mass is 384 g/mol. The van der Waals surface area contributed by atoms with Crippen LogP contribution in [0.4, 0.5) is 0 Å². The first-order valence-corrected chi connectivity index (χ1v) is 8.58. The maximum atomic E-state index is 12.4. The highest BCUT2D eigenvalue weighted by molar-refractivity contribution is 14.1. The highest BCUT2D eigenvalue weighted by atomic mass is 127. The molecule has 0 spiro atoms. The van der Waals surface area contributed by atoms with Gasteiger partial charge in [0.1, 0.15) is 0 Å². The minimum atomic E-state index is 0.184. The van der Waals surface area contributed by atoms with Crippen molar-refractivity contribution >= 4 is 28.5 Å². The van der Waals surface area contributed by atoms with Gasteiger partial charge in [-0.25, -0.2) is 0 Å². The number of likely N-dealkylation sites (tertiary alicyclic amines) is 1. The van der Waals surface area contributed by atoms with E-state index in [1.807, 2.05) is 29.2 Å². The van der Waals surface area contributed by atoms with Crippen molar-refractivity contribution in [1.29, 1.82) is 0 Å². The van der Waals surface area contributed by atoms with Gasteiger partial charge in [-0.1, -0.05) is 6.07 Å². The number of carbonyl (C=O) groups is 1. The molecule has 3 rings (SSSR count). The molecule has 1 saturated carbocycles. The summed E-state index contributed by atoms with van der Waals surface area (Å²) >= 11 is 2.26. The van der Waals surface area contributed by atoms with Crippen LogP contribution in [0.3, 0.4) is 0 Å². The van der Waals surface area contributed by atoms with Crippen LogP contribution in [0.1, 0.15) is 36.0 Å². The van der Waals surface area contributed by atoms with E-state index in [4.69, 9.17) is 0 Å². The first-order chi connectivity index (χ1) is 9.72. The van der Waals surface area contributed by atoms with Crippen molar-refractivity contribution in [2.75, 3.05) is 19.6 Å². The van der Waals surface area contributed by atoms with Crippen LogP contribution in [0.25, 0.3) is 0 Å². The molecule has 1 aromatic rings. The summed E-state index contributed by atoms with van der Waals surface area (Å²) in [6, 6.07) is 8.47. The van der Waals surface area contributed by atoms with Crippen molar-refractivity contribution in [3.63, 3.8) is 0 Å². The van der Waals surface area contributed by atoms with Crippen LogP contribution in [0.15, 0.2) is 24.3 Å². The molecule has 1 saturated heterocycles. The number of piperidine rings is 1. The van der Waals surface area contributed by atoms with Crippen LogP contribution in [0.5, 0.6) is 0 Å². The fraction of sp³-hybridized carbons (Fsp3) is 0.562. The second-order valence-electron chi connectivity index (χ2n) is 5.93. The number of carbonyl (C=O) groups excluding carboxylic acids is 1. The van der Waals surface area contributed by atoms with Crippen molar-refractivity contribution in [2.45, 2.75) is 31.7 Å². The van der Waals surface area contributed by atoms with E-state index in [1.165, 1.54) is 19.4 Å².